The van der Waals surface area contributed by atoms with Crippen molar-refractivity contribution in [3.8, 4) is 0 Å². The number of fused-ring (bicyclic) bond motifs is 1. The number of halogens is 1. The Labute approximate surface area is 219 Å². The lowest BCUT2D eigenvalue weighted by Gasteiger charge is -2.38. The molecule has 37 heavy (non-hydrogen) atoms. The van der Waals surface area contributed by atoms with Crippen LogP contribution in [-0.4, -0.2) is 82.5 Å². The Morgan fingerprint density at radius 2 is 1.81 bits per heavy atom. The zero-order valence-corrected chi connectivity index (χ0v) is 21.4. The van der Waals surface area contributed by atoms with Crippen molar-refractivity contribution >= 4 is 50.2 Å². The van der Waals surface area contributed by atoms with Crippen LogP contribution in [0.25, 0.3) is 10.9 Å². The molecular weight excluding hydrogens is 518 g/mol. The fraction of sp³-hybridized carbons (Fsp3) is 0.320. The third kappa shape index (κ3) is 4.94. The van der Waals surface area contributed by atoms with Gasteiger partial charge in [0.2, 0.25) is 5.91 Å². The lowest BCUT2D eigenvalue weighted by atomic mass is 10.1. The van der Waals surface area contributed by atoms with Gasteiger partial charge in [-0.15, -0.1) is 0 Å². The van der Waals surface area contributed by atoms with Gasteiger partial charge in [0.15, 0.2) is 0 Å². The van der Waals surface area contributed by atoms with Crippen LogP contribution in [0.4, 0.5) is 0 Å². The van der Waals surface area contributed by atoms with Crippen LogP contribution in [-0.2, 0) is 26.2 Å². The number of rotatable bonds is 6. The van der Waals surface area contributed by atoms with Crippen molar-refractivity contribution in [1.82, 2.24) is 19.1 Å². The number of aliphatic carboxylic acids is 1. The summed E-state index contributed by atoms with van der Waals surface area (Å²) in [5, 5.41) is 19.2. The number of nitrogens with zero attached hydrogens (tertiary/aromatic N) is 3. The molecular formula is C25H26ClN5O5S. The van der Waals surface area contributed by atoms with E-state index in [2.05, 4.69) is 4.98 Å². The molecule has 0 bridgehead atoms. The average molecular weight is 544 g/mol. The second-order valence-corrected chi connectivity index (χ2v) is 11.6. The first-order valence-corrected chi connectivity index (χ1v) is 13.7. The molecule has 0 radical (unpaired) electrons. The molecule has 0 unspecified atom stereocenters. The first-order chi connectivity index (χ1) is 17.6. The minimum Gasteiger partial charge on any atom is -0.480 e. The summed E-state index contributed by atoms with van der Waals surface area (Å²) in [5.74, 6) is -1.44. The highest BCUT2D eigenvalue weighted by Gasteiger charge is 2.42. The number of H-pyrrole nitrogens is 1. The molecule has 12 heteroatoms. The summed E-state index contributed by atoms with van der Waals surface area (Å²) in [6.45, 7) is 0.882. The summed E-state index contributed by atoms with van der Waals surface area (Å²) >= 11 is 6.00. The predicted octanol–water partition coefficient (Wildman–Crippen LogP) is 2.73. The number of aromatic amines is 1. The van der Waals surface area contributed by atoms with Gasteiger partial charge in [-0.25, -0.2) is 13.2 Å². The third-order valence-corrected chi connectivity index (χ3v) is 8.82. The number of benzene rings is 2. The number of nitrogens with one attached hydrogen (secondary N) is 2. The predicted molar refractivity (Wildman–Crippen MR) is 138 cm³/mol. The van der Waals surface area contributed by atoms with Crippen molar-refractivity contribution in [2.24, 2.45) is 0 Å². The Morgan fingerprint density at radius 1 is 1.11 bits per heavy atom. The summed E-state index contributed by atoms with van der Waals surface area (Å²) in [6.07, 6.45) is 2.13. The number of carbonyl (C=O) groups excluding carboxylic acids is 1. The van der Waals surface area contributed by atoms with Gasteiger partial charge in [0.05, 0.1) is 6.54 Å². The zero-order chi connectivity index (χ0) is 26.3. The quantitative estimate of drug-likeness (QED) is 0.323. The second-order valence-electron chi connectivity index (χ2n) is 9.28. The summed E-state index contributed by atoms with van der Waals surface area (Å²) < 4.78 is 27.5. The Hall–Kier alpha value is -3.41. The monoisotopic (exact) mass is 543 g/mol. The van der Waals surface area contributed by atoms with Crippen molar-refractivity contribution in [3.05, 3.63) is 64.7 Å². The number of piperazine rings is 1. The molecule has 0 spiro atoms. The second kappa shape index (κ2) is 9.81. The maximum absolute atomic E-state index is 13.3. The van der Waals surface area contributed by atoms with Crippen LogP contribution >= 0.6 is 11.6 Å². The topological polar surface area (TPSA) is 138 Å². The maximum atomic E-state index is 13.3. The van der Waals surface area contributed by atoms with Crippen LogP contribution in [0.1, 0.15) is 24.0 Å². The zero-order valence-electron chi connectivity index (χ0n) is 19.9. The molecule has 0 aliphatic carbocycles. The highest BCUT2D eigenvalue weighted by molar-refractivity contribution is 7.89. The molecule has 10 nitrogen and oxygen atoms in total. The van der Waals surface area contributed by atoms with E-state index in [-0.39, 0.29) is 18.1 Å². The highest BCUT2D eigenvalue weighted by atomic mass is 35.5. The normalized spacial score (nSPS) is 19.1. The molecule has 3 N–H and O–H groups in total. The van der Waals surface area contributed by atoms with Gasteiger partial charge in [0.25, 0.3) is 10.0 Å². The van der Waals surface area contributed by atoms with Gasteiger partial charge in [-0.2, -0.15) is 4.31 Å². The van der Waals surface area contributed by atoms with Crippen molar-refractivity contribution in [2.75, 3.05) is 26.2 Å². The van der Waals surface area contributed by atoms with Crippen LogP contribution < -0.4 is 0 Å². The summed E-state index contributed by atoms with van der Waals surface area (Å²) in [4.78, 5) is 31.2. The number of sulfonamides is 1. The summed E-state index contributed by atoms with van der Waals surface area (Å²) in [5.41, 5.74) is 2.01. The van der Waals surface area contributed by atoms with E-state index < -0.39 is 34.5 Å². The van der Waals surface area contributed by atoms with Crippen molar-refractivity contribution < 1.29 is 23.1 Å². The molecule has 1 amide bonds. The molecule has 2 aliphatic rings. The molecule has 2 fully saturated rings. The molecule has 5 rings (SSSR count). The van der Waals surface area contributed by atoms with Gasteiger partial charge in [-0.1, -0.05) is 35.9 Å². The van der Waals surface area contributed by atoms with E-state index in [0.29, 0.717) is 27.3 Å². The Morgan fingerprint density at radius 3 is 2.49 bits per heavy atom. The number of amidine groups is 1. The molecule has 0 saturated carbocycles. The van der Waals surface area contributed by atoms with E-state index in [1.807, 2.05) is 4.90 Å². The lowest BCUT2D eigenvalue weighted by molar-refractivity contribution is -0.154. The molecule has 3 heterocycles. The van der Waals surface area contributed by atoms with Gasteiger partial charge in [-0.3, -0.25) is 10.2 Å². The van der Waals surface area contributed by atoms with E-state index in [0.717, 1.165) is 35.8 Å². The molecule has 1 atom stereocenters. The number of carboxylic acid groups (broad SMARTS) is 1. The van der Waals surface area contributed by atoms with Crippen LogP contribution in [0, 0.1) is 5.41 Å². The average Bonchev–Trinajstić information content (AvgIpc) is 3.55. The van der Waals surface area contributed by atoms with Crippen LogP contribution in [0.5, 0.6) is 0 Å². The van der Waals surface area contributed by atoms with Gasteiger partial charge in [0.1, 0.15) is 16.9 Å². The molecule has 2 aromatic carbocycles. The van der Waals surface area contributed by atoms with E-state index in [9.17, 15) is 23.1 Å². The Bertz CT molecular complexity index is 1480. The van der Waals surface area contributed by atoms with Gasteiger partial charge < -0.3 is 19.9 Å². The summed E-state index contributed by atoms with van der Waals surface area (Å²) in [6, 6.07) is 12.1. The number of hydrogen-bond donors (Lipinski definition) is 3. The SMILES string of the molecule is N=C(c1ccc(CN2C(=O)CN(S(=O)(=O)c3cc4cc(Cl)ccc4[nH]3)C[C@@H]2C(=O)O)cc1)N1CCCC1. The largest absolute Gasteiger partial charge is 0.480 e. The van der Waals surface area contributed by atoms with E-state index in [4.69, 9.17) is 17.0 Å². The Kier molecular flexibility index (Phi) is 6.69. The van der Waals surface area contributed by atoms with E-state index in [1.165, 1.54) is 11.0 Å². The molecule has 1 aromatic heterocycles. The fourth-order valence-corrected chi connectivity index (χ4v) is 6.40. The first kappa shape index (κ1) is 25.2. The number of carbonyl (C=O) groups is 2. The number of likely N-dealkylation sites (tertiary alicyclic amines) is 1. The number of aromatic nitrogens is 1. The van der Waals surface area contributed by atoms with Crippen LogP contribution in [0.3, 0.4) is 0 Å². The molecule has 2 aliphatic heterocycles. The number of carboxylic acids is 1. The van der Waals surface area contributed by atoms with Crippen molar-refractivity contribution in [2.45, 2.75) is 30.5 Å². The van der Waals surface area contributed by atoms with Gasteiger partial charge in [-0.05, 0) is 42.7 Å². The fourth-order valence-electron chi connectivity index (χ4n) is 4.81. The lowest BCUT2D eigenvalue weighted by Crippen LogP contribution is -2.60. The number of amides is 1. The smallest absolute Gasteiger partial charge is 0.327 e. The highest BCUT2D eigenvalue weighted by Crippen LogP contribution is 2.27. The Balaban J connectivity index is 1.33. The maximum Gasteiger partial charge on any atom is 0.327 e. The molecule has 194 valence electrons. The third-order valence-electron chi connectivity index (χ3n) is 6.85. The van der Waals surface area contributed by atoms with E-state index >= 15 is 0 Å². The van der Waals surface area contributed by atoms with Crippen molar-refractivity contribution in [1.29, 1.82) is 5.41 Å². The number of hydrogen-bond acceptors (Lipinski definition) is 5. The molecule has 3 aromatic rings. The minimum absolute atomic E-state index is 0.0197. The first-order valence-electron chi connectivity index (χ1n) is 11.9. The van der Waals surface area contributed by atoms with E-state index in [1.54, 1.807) is 42.5 Å². The summed E-state index contributed by atoms with van der Waals surface area (Å²) in [7, 11) is -4.16. The van der Waals surface area contributed by atoms with Crippen molar-refractivity contribution in [3.63, 3.8) is 0 Å². The van der Waals surface area contributed by atoms with Gasteiger partial charge >= 0.3 is 5.97 Å². The van der Waals surface area contributed by atoms with Crippen LogP contribution in [0.2, 0.25) is 5.02 Å². The molecule has 2 saturated heterocycles. The minimum atomic E-state index is -4.16. The van der Waals surface area contributed by atoms with Gasteiger partial charge in [0, 0.05) is 47.7 Å². The van der Waals surface area contributed by atoms with Crippen LogP contribution in [0.15, 0.2) is 53.6 Å². The standard InChI is InChI=1S/C25H26ClN5O5S/c26-19-7-8-20-18(11-19)12-22(28-20)37(35,36)30-14-21(25(33)34)31(23(32)15-30)13-16-3-5-17(6-4-16)24(27)29-9-1-2-10-29/h3-8,11-12,21,27-28H,1-2,9-10,13-15H2,(H,33,34)/t21-/m1/s1.